The van der Waals surface area contributed by atoms with Gasteiger partial charge in [0.2, 0.25) is 0 Å². The molecule has 1 saturated carbocycles. The van der Waals surface area contributed by atoms with E-state index in [1.165, 1.54) is 0 Å². The van der Waals surface area contributed by atoms with Crippen LogP contribution in [0.5, 0.6) is 0 Å². The van der Waals surface area contributed by atoms with Crippen molar-refractivity contribution in [2.24, 2.45) is 0 Å². The summed E-state index contributed by atoms with van der Waals surface area (Å²) in [6, 6.07) is 7.61. The van der Waals surface area contributed by atoms with E-state index < -0.39 is 11.8 Å². The maximum atomic E-state index is 12.9. The first kappa shape index (κ1) is 9.66. The van der Waals surface area contributed by atoms with Gasteiger partial charge in [-0.15, -0.1) is 0 Å². The Bertz CT molecular complexity index is 329. The molecule has 1 aromatic carbocycles. The lowest BCUT2D eigenvalue weighted by Gasteiger charge is -2.14. The second-order valence-electron chi connectivity index (χ2n) is 4.17. The van der Waals surface area contributed by atoms with Gasteiger partial charge in [-0.2, -0.15) is 0 Å². The standard InChI is InChI=1S/C12H15FO/c1-9(13)8-10-4-2-3-5-11(10)12(14)6-7-12/h2-5,9,14H,6-8H2,1H3. The summed E-state index contributed by atoms with van der Waals surface area (Å²) in [5, 5.41) is 9.97. The summed E-state index contributed by atoms with van der Waals surface area (Å²) >= 11 is 0. The zero-order chi connectivity index (χ0) is 10.2. The summed E-state index contributed by atoms with van der Waals surface area (Å²) in [4.78, 5) is 0. The zero-order valence-electron chi connectivity index (χ0n) is 8.33. The van der Waals surface area contributed by atoms with Crippen LogP contribution in [0.3, 0.4) is 0 Å². The van der Waals surface area contributed by atoms with E-state index in [0.717, 1.165) is 24.0 Å². The van der Waals surface area contributed by atoms with E-state index in [4.69, 9.17) is 0 Å². The SMILES string of the molecule is CC(F)Cc1ccccc1C1(O)CC1. The minimum absolute atomic E-state index is 0.401. The third-order valence-corrected chi connectivity index (χ3v) is 2.74. The van der Waals surface area contributed by atoms with Crippen molar-refractivity contribution in [2.45, 2.75) is 38.0 Å². The van der Waals surface area contributed by atoms with Crippen molar-refractivity contribution in [1.29, 1.82) is 0 Å². The normalized spacial score (nSPS) is 20.5. The van der Waals surface area contributed by atoms with Crippen molar-refractivity contribution in [3.05, 3.63) is 35.4 Å². The molecule has 0 bridgehead atoms. The molecule has 1 aliphatic carbocycles. The van der Waals surface area contributed by atoms with Gasteiger partial charge in [-0.3, -0.25) is 0 Å². The smallest absolute Gasteiger partial charge is 0.101 e. The molecule has 1 aromatic rings. The second-order valence-corrected chi connectivity index (χ2v) is 4.17. The Morgan fingerprint density at radius 1 is 1.43 bits per heavy atom. The third-order valence-electron chi connectivity index (χ3n) is 2.74. The van der Waals surface area contributed by atoms with Crippen LogP contribution in [0.15, 0.2) is 24.3 Å². The maximum absolute atomic E-state index is 12.9. The maximum Gasteiger partial charge on any atom is 0.101 e. The van der Waals surface area contributed by atoms with Crippen LogP contribution in [0, 0.1) is 0 Å². The van der Waals surface area contributed by atoms with Crippen molar-refractivity contribution in [3.63, 3.8) is 0 Å². The number of rotatable bonds is 3. The van der Waals surface area contributed by atoms with E-state index in [1.54, 1.807) is 6.92 Å². The van der Waals surface area contributed by atoms with E-state index in [0.29, 0.717) is 6.42 Å². The molecular formula is C12H15FO. The van der Waals surface area contributed by atoms with Gasteiger partial charge in [0.25, 0.3) is 0 Å². The van der Waals surface area contributed by atoms with Crippen molar-refractivity contribution in [1.82, 2.24) is 0 Å². The molecule has 0 radical (unpaired) electrons. The van der Waals surface area contributed by atoms with Crippen molar-refractivity contribution < 1.29 is 9.50 Å². The lowest BCUT2D eigenvalue weighted by molar-refractivity contribution is 0.150. The minimum atomic E-state index is -0.849. The molecule has 2 rings (SSSR count). The van der Waals surface area contributed by atoms with E-state index in [2.05, 4.69) is 0 Å². The summed E-state index contributed by atoms with van der Waals surface area (Å²) in [6.07, 6.45) is 1.17. The predicted octanol–water partition coefficient (Wildman–Crippen LogP) is 2.57. The average molecular weight is 194 g/mol. The lowest BCUT2D eigenvalue weighted by Crippen LogP contribution is -2.10. The molecule has 0 amide bonds. The van der Waals surface area contributed by atoms with Crippen LogP contribution in [-0.2, 0) is 12.0 Å². The number of halogens is 1. The predicted molar refractivity (Wildman–Crippen MR) is 53.8 cm³/mol. The highest BCUT2D eigenvalue weighted by Gasteiger charge is 2.43. The molecule has 0 aliphatic heterocycles. The van der Waals surface area contributed by atoms with Gasteiger partial charge in [0.05, 0.1) is 5.60 Å². The Kier molecular flexibility index (Phi) is 2.31. The van der Waals surface area contributed by atoms with E-state index in [1.807, 2.05) is 24.3 Å². The molecule has 1 nitrogen and oxygen atoms in total. The van der Waals surface area contributed by atoms with Gasteiger partial charge in [0.1, 0.15) is 6.17 Å². The molecule has 1 N–H and O–H groups in total. The number of benzene rings is 1. The summed E-state index contributed by atoms with van der Waals surface area (Å²) < 4.78 is 12.9. The molecule has 0 heterocycles. The van der Waals surface area contributed by atoms with Crippen LogP contribution in [0.4, 0.5) is 4.39 Å². The van der Waals surface area contributed by atoms with Crippen LogP contribution in [0.2, 0.25) is 0 Å². The Morgan fingerprint density at radius 2 is 2.07 bits per heavy atom. The first-order chi connectivity index (χ1) is 6.62. The van der Waals surface area contributed by atoms with Crippen LogP contribution < -0.4 is 0 Å². The number of aliphatic hydroxyl groups is 1. The molecule has 14 heavy (non-hydrogen) atoms. The van der Waals surface area contributed by atoms with Gasteiger partial charge in [0, 0.05) is 6.42 Å². The number of hydrogen-bond donors (Lipinski definition) is 1. The first-order valence-electron chi connectivity index (χ1n) is 5.07. The van der Waals surface area contributed by atoms with Gasteiger partial charge in [-0.05, 0) is 30.9 Å². The fourth-order valence-corrected chi connectivity index (χ4v) is 1.84. The number of hydrogen-bond acceptors (Lipinski definition) is 1. The first-order valence-corrected chi connectivity index (χ1v) is 5.07. The highest BCUT2D eigenvalue weighted by molar-refractivity contribution is 5.36. The third kappa shape index (κ3) is 1.80. The molecule has 1 unspecified atom stereocenters. The second kappa shape index (κ2) is 3.35. The Balaban J connectivity index is 2.29. The minimum Gasteiger partial charge on any atom is -0.385 e. The fourth-order valence-electron chi connectivity index (χ4n) is 1.84. The van der Waals surface area contributed by atoms with E-state index >= 15 is 0 Å². The summed E-state index contributed by atoms with van der Waals surface area (Å²) in [6.45, 7) is 1.55. The van der Waals surface area contributed by atoms with E-state index in [-0.39, 0.29) is 0 Å². The fraction of sp³-hybridized carbons (Fsp3) is 0.500. The van der Waals surface area contributed by atoms with Crippen LogP contribution in [-0.4, -0.2) is 11.3 Å². The molecule has 76 valence electrons. The summed E-state index contributed by atoms with van der Waals surface area (Å²) in [5.74, 6) is 0. The average Bonchev–Trinajstić information content (AvgIpc) is 2.84. The van der Waals surface area contributed by atoms with Crippen molar-refractivity contribution in [3.8, 4) is 0 Å². The molecule has 0 spiro atoms. The van der Waals surface area contributed by atoms with Gasteiger partial charge in [0.15, 0.2) is 0 Å². The molecule has 1 aliphatic rings. The summed E-state index contributed by atoms with van der Waals surface area (Å²) in [5.41, 5.74) is 1.22. The van der Waals surface area contributed by atoms with Crippen LogP contribution >= 0.6 is 0 Å². The van der Waals surface area contributed by atoms with Gasteiger partial charge in [-0.25, -0.2) is 4.39 Å². The molecular weight excluding hydrogens is 179 g/mol. The quantitative estimate of drug-likeness (QED) is 0.784. The number of alkyl halides is 1. The van der Waals surface area contributed by atoms with Gasteiger partial charge < -0.3 is 5.11 Å². The zero-order valence-corrected chi connectivity index (χ0v) is 8.33. The Morgan fingerprint density at radius 3 is 2.64 bits per heavy atom. The highest BCUT2D eigenvalue weighted by atomic mass is 19.1. The molecule has 0 saturated heterocycles. The molecule has 1 atom stereocenters. The van der Waals surface area contributed by atoms with Crippen molar-refractivity contribution in [2.75, 3.05) is 0 Å². The monoisotopic (exact) mass is 194 g/mol. The largest absolute Gasteiger partial charge is 0.385 e. The van der Waals surface area contributed by atoms with Crippen LogP contribution in [0.25, 0.3) is 0 Å². The van der Waals surface area contributed by atoms with Gasteiger partial charge in [-0.1, -0.05) is 24.3 Å². The molecule has 1 fully saturated rings. The van der Waals surface area contributed by atoms with E-state index in [9.17, 15) is 9.50 Å². The highest BCUT2D eigenvalue weighted by Crippen LogP contribution is 2.46. The van der Waals surface area contributed by atoms with Crippen molar-refractivity contribution >= 4 is 0 Å². The van der Waals surface area contributed by atoms with Gasteiger partial charge >= 0.3 is 0 Å². The molecule has 0 aromatic heterocycles. The lowest BCUT2D eigenvalue weighted by atomic mass is 9.97. The topological polar surface area (TPSA) is 20.2 Å². The molecule has 2 heteroatoms. The Labute approximate surface area is 83.6 Å². The van der Waals surface area contributed by atoms with Crippen LogP contribution in [0.1, 0.15) is 30.9 Å². The Hall–Kier alpha value is -0.890. The summed E-state index contributed by atoms with van der Waals surface area (Å²) in [7, 11) is 0.